The molecule has 24 heavy (non-hydrogen) atoms. The van der Waals surface area contributed by atoms with Crippen LogP contribution in [0.2, 0.25) is 0 Å². The Balaban J connectivity index is 1.68. The lowest BCUT2D eigenvalue weighted by molar-refractivity contribution is 0.102. The minimum Gasteiger partial charge on any atom is -0.322 e. The predicted molar refractivity (Wildman–Crippen MR) is 93.7 cm³/mol. The van der Waals surface area contributed by atoms with E-state index in [0.29, 0.717) is 5.69 Å². The van der Waals surface area contributed by atoms with E-state index in [0.717, 1.165) is 38.3 Å². The number of amides is 1. The molecule has 1 saturated heterocycles. The molecule has 0 atom stereocenters. The van der Waals surface area contributed by atoms with E-state index in [-0.39, 0.29) is 5.56 Å². The molecular formula is C19H22FN3O. The maximum absolute atomic E-state index is 13.7. The topological polar surface area (TPSA) is 44.4 Å². The summed E-state index contributed by atoms with van der Waals surface area (Å²) in [6.07, 6.45) is 0. The summed E-state index contributed by atoms with van der Waals surface area (Å²) in [5.74, 6) is -0.936. The van der Waals surface area contributed by atoms with Crippen LogP contribution in [0.4, 0.5) is 10.1 Å². The van der Waals surface area contributed by atoms with Crippen LogP contribution in [-0.4, -0.2) is 37.0 Å². The summed E-state index contributed by atoms with van der Waals surface area (Å²) >= 11 is 0. The van der Waals surface area contributed by atoms with Gasteiger partial charge in [-0.3, -0.25) is 9.69 Å². The Morgan fingerprint density at radius 1 is 1.21 bits per heavy atom. The van der Waals surface area contributed by atoms with E-state index in [2.05, 4.69) is 21.6 Å². The maximum Gasteiger partial charge on any atom is 0.258 e. The van der Waals surface area contributed by atoms with Gasteiger partial charge in [0.15, 0.2) is 0 Å². The molecule has 1 fully saturated rings. The Morgan fingerprint density at radius 2 is 1.96 bits per heavy atom. The normalized spacial score (nSPS) is 15.2. The molecule has 0 bridgehead atoms. The molecule has 1 aliphatic heterocycles. The van der Waals surface area contributed by atoms with E-state index in [1.807, 2.05) is 19.1 Å². The number of hydrogen-bond acceptors (Lipinski definition) is 3. The number of benzene rings is 2. The Bertz CT molecular complexity index is 726. The average Bonchev–Trinajstić information content (AvgIpc) is 2.58. The molecular weight excluding hydrogens is 305 g/mol. The molecule has 3 rings (SSSR count). The smallest absolute Gasteiger partial charge is 0.258 e. The fourth-order valence-corrected chi connectivity index (χ4v) is 2.93. The van der Waals surface area contributed by atoms with Crippen molar-refractivity contribution in [2.75, 3.05) is 31.5 Å². The first-order valence-corrected chi connectivity index (χ1v) is 8.22. The fourth-order valence-electron chi connectivity index (χ4n) is 2.93. The summed E-state index contributed by atoms with van der Waals surface area (Å²) in [6, 6.07) is 12.0. The van der Waals surface area contributed by atoms with Gasteiger partial charge in [-0.25, -0.2) is 4.39 Å². The highest BCUT2D eigenvalue weighted by Gasteiger charge is 2.13. The van der Waals surface area contributed by atoms with Crippen molar-refractivity contribution in [2.24, 2.45) is 0 Å². The van der Waals surface area contributed by atoms with Crippen LogP contribution < -0.4 is 10.6 Å². The zero-order valence-electron chi connectivity index (χ0n) is 13.8. The summed E-state index contributed by atoms with van der Waals surface area (Å²) in [7, 11) is 0. The first-order chi connectivity index (χ1) is 11.6. The van der Waals surface area contributed by atoms with Crippen molar-refractivity contribution in [3.05, 3.63) is 65.0 Å². The molecule has 0 unspecified atom stereocenters. The van der Waals surface area contributed by atoms with Gasteiger partial charge in [-0.15, -0.1) is 0 Å². The van der Waals surface area contributed by atoms with Crippen LogP contribution in [0.15, 0.2) is 42.5 Å². The van der Waals surface area contributed by atoms with Gasteiger partial charge in [0.1, 0.15) is 5.82 Å². The Kier molecular flexibility index (Phi) is 5.23. The van der Waals surface area contributed by atoms with E-state index in [1.54, 1.807) is 12.1 Å². The molecule has 4 nitrogen and oxygen atoms in total. The van der Waals surface area contributed by atoms with Crippen molar-refractivity contribution in [2.45, 2.75) is 13.5 Å². The van der Waals surface area contributed by atoms with Gasteiger partial charge < -0.3 is 10.6 Å². The summed E-state index contributed by atoms with van der Waals surface area (Å²) in [5, 5.41) is 6.14. The van der Waals surface area contributed by atoms with Gasteiger partial charge in [-0.1, -0.05) is 24.3 Å². The number of carbonyl (C=O) groups excluding carboxylic acids is 1. The van der Waals surface area contributed by atoms with E-state index in [9.17, 15) is 9.18 Å². The van der Waals surface area contributed by atoms with Gasteiger partial charge in [-0.2, -0.15) is 0 Å². The zero-order valence-corrected chi connectivity index (χ0v) is 13.8. The third kappa shape index (κ3) is 3.99. The third-order valence-corrected chi connectivity index (χ3v) is 4.27. The quantitative estimate of drug-likeness (QED) is 0.908. The fraction of sp³-hybridized carbons (Fsp3) is 0.316. The Hall–Kier alpha value is -2.24. The molecule has 1 amide bonds. The van der Waals surface area contributed by atoms with Crippen LogP contribution in [0.5, 0.6) is 0 Å². The van der Waals surface area contributed by atoms with E-state index < -0.39 is 11.7 Å². The number of piperazine rings is 1. The second-order valence-electron chi connectivity index (χ2n) is 6.11. The van der Waals surface area contributed by atoms with Crippen LogP contribution in [0, 0.1) is 12.7 Å². The molecule has 2 aromatic rings. The van der Waals surface area contributed by atoms with Crippen molar-refractivity contribution < 1.29 is 9.18 Å². The Labute approximate surface area is 141 Å². The third-order valence-electron chi connectivity index (χ3n) is 4.27. The van der Waals surface area contributed by atoms with Crippen molar-refractivity contribution in [3.63, 3.8) is 0 Å². The molecule has 5 heteroatoms. The maximum atomic E-state index is 13.7. The standard InChI is InChI=1S/C19H22FN3O/c1-14-12-15(13-23-10-8-21-9-11-23)6-7-18(14)22-19(24)16-4-2-3-5-17(16)20/h2-7,12,21H,8-11,13H2,1H3,(H,22,24). The largest absolute Gasteiger partial charge is 0.322 e. The van der Waals surface area contributed by atoms with Gasteiger partial charge >= 0.3 is 0 Å². The first-order valence-electron chi connectivity index (χ1n) is 8.22. The Morgan fingerprint density at radius 3 is 2.67 bits per heavy atom. The molecule has 126 valence electrons. The van der Waals surface area contributed by atoms with Crippen molar-refractivity contribution in [3.8, 4) is 0 Å². The summed E-state index contributed by atoms with van der Waals surface area (Å²) in [6.45, 7) is 7.00. The first kappa shape index (κ1) is 16.6. The van der Waals surface area contributed by atoms with E-state index in [1.165, 1.54) is 17.7 Å². The highest BCUT2D eigenvalue weighted by molar-refractivity contribution is 6.04. The number of nitrogens with zero attached hydrogens (tertiary/aromatic N) is 1. The second-order valence-corrected chi connectivity index (χ2v) is 6.11. The number of rotatable bonds is 4. The molecule has 2 aromatic carbocycles. The highest BCUT2D eigenvalue weighted by atomic mass is 19.1. The molecule has 0 saturated carbocycles. The van der Waals surface area contributed by atoms with Crippen molar-refractivity contribution >= 4 is 11.6 Å². The minimum atomic E-state index is -0.511. The lowest BCUT2D eigenvalue weighted by Crippen LogP contribution is -2.42. The van der Waals surface area contributed by atoms with Crippen LogP contribution in [0.3, 0.4) is 0 Å². The van der Waals surface area contributed by atoms with Gasteiger partial charge in [0.05, 0.1) is 5.56 Å². The second kappa shape index (κ2) is 7.55. The van der Waals surface area contributed by atoms with E-state index in [4.69, 9.17) is 0 Å². The summed E-state index contributed by atoms with van der Waals surface area (Å²) < 4.78 is 13.7. The number of anilines is 1. The highest BCUT2D eigenvalue weighted by Crippen LogP contribution is 2.19. The molecule has 1 aliphatic rings. The number of halogens is 1. The number of aryl methyl sites for hydroxylation is 1. The molecule has 0 aromatic heterocycles. The van der Waals surface area contributed by atoms with Crippen LogP contribution in [-0.2, 0) is 6.54 Å². The molecule has 0 aliphatic carbocycles. The molecule has 1 heterocycles. The van der Waals surface area contributed by atoms with Gasteiger partial charge in [0.25, 0.3) is 5.91 Å². The lowest BCUT2D eigenvalue weighted by atomic mass is 10.1. The van der Waals surface area contributed by atoms with Crippen molar-refractivity contribution in [1.29, 1.82) is 0 Å². The van der Waals surface area contributed by atoms with Gasteiger partial charge in [-0.05, 0) is 36.2 Å². The van der Waals surface area contributed by atoms with Crippen LogP contribution >= 0.6 is 0 Å². The van der Waals surface area contributed by atoms with Crippen LogP contribution in [0.25, 0.3) is 0 Å². The zero-order chi connectivity index (χ0) is 16.9. The SMILES string of the molecule is Cc1cc(CN2CCNCC2)ccc1NC(=O)c1ccccc1F. The van der Waals surface area contributed by atoms with Crippen molar-refractivity contribution in [1.82, 2.24) is 10.2 Å². The van der Waals surface area contributed by atoms with Gasteiger partial charge in [0, 0.05) is 38.4 Å². The number of carbonyl (C=O) groups is 1. The summed E-state index contributed by atoms with van der Waals surface area (Å²) in [5.41, 5.74) is 2.97. The average molecular weight is 327 g/mol. The van der Waals surface area contributed by atoms with Gasteiger partial charge in [0.2, 0.25) is 0 Å². The predicted octanol–water partition coefficient (Wildman–Crippen LogP) is 2.79. The number of nitrogens with one attached hydrogen (secondary N) is 2. The lowest BCUT2D eigenvalue weighted by Gasteiger charge is -2.27. The molecule has 0 spiro atoms. The number of hydrogen-bond donors (Lipinski definition) is 2. The minimum absolute atomic E-state index is 0.0572. The van der Waals surface area contributed by atoms with Crippen LogP contribution in [0.1, 0.15) is 21.5 Å². The van der Waals surface area contributed by atoms with E-state index >= 15 is 0 Å². The summed E-state index contributed by atoms with van der Waals surface area (Å²) in [4.78, 5) is 14.6. The monoisotopic (exact) mass is 327 g/mol. The molecule has 2 N–H and O–H groups in total. The molecule has 0 radical (unpaired) electrons.